The summed E-state index contributed by atoms with van der Waals surface area (Å²) in [5, 5.41) is 12.2. The molecule has 0 atom stereocenters. The first-order chi connectivity index (χ1) is 32.6. The summed E-state index contributed by atoms with van der Waals surface area (Å²) >= 11 is 0. The van der Waals surface area contributed by atoms with E-state index >= 15 is 0 Å². The molecule has 1 N–H and O–H groups in total. The zero-order chi connectivity index (χ0) is 47.4. The van der Waals surface area contributed by atoms with Crippen molar-refractivity contribution in [2.45, 2.75) is 83.4 Å². The Labute approximate surface area is 409 Å². The van der Waals surface area contributed by atoms with Crippen LogP contribution in [0.15, 0.2) is 176 Å². The molecule has 9 aromatic rings. The number of phenols is 1. The molecule has 0 amide bonds. The van der Waals surface area contributed by atoms with Crippen molar-refractivity contribution in [3.63, 3.8) is 0 Å². The van der Waals surface area contributed by atoms with Crippen molar-refractivity contribution in [1.82, 2.24) is 14.5 Å². The van der Waals surface area contributed by atoms with Gasteiger partial charge in [-0.2, -0.15) is 0 Å². The second-order valence-corrected chi connectivity index (χ2v) is 19.5. The fourth-order valence-corrected chi connectivity index (χ4v) is 9.82. The molecule has 332 valence electrons. The predicted molar refractivity (Wildman–Crippen MR) is 270 cm³/mol. The van der Waals surface area contributed by atoms with Crippen LogP contribution in [-0.4, -0.2) is 19.6 Å². The van der Waals surface area contributed by atoms with Gasteiger partial charge in [0.1, 0.15) is 11.6 Å². The molecule has 2 heterocycles. The molecule has 1 aliphatic rings. The van der Waals surface area contributed by atoms with Crippen molar-refractivity contribution in [3.8, 4) is 67.5 Å². The topological polar surface area (TPSA) is 50.9 Å². The molecule has 5 heteroatoms. The number of hydrogen-bond donors (Lipinski definition) is 1. The van der Waals surface area contributed by atoms with E-state index in [-0.39, 0.29) is 43.1 Å². The van der Waals surface area contributed by atoms with Crippen molar-refractivity contribution >= 4 is 11.0 Å². The Morgan fingerprint density at radius 3 is 1.88 bits per heavy atom. The van der Waals surface area contributed by atoms with Crippen LogP contribution in [0.3, 0.4) is 0 Å². The number of fused-ring (bicyclic) bond motifs is 1. The average Bonchev–Trinajstić information content (AvgIpc) is 3.75. The summed E-state index contributed by atoms with van der Waals surface area (Å²) in [5.74, 6) is 0.816. The quantitative estimate of drug-likeness (QED) is 0.154. The van der Waals surface area contributed by atoms with Gasteiger partial charge >= 0.3 is 0 Å². The maximum atomic E-state index is 12.2. The maximum absolute atomic E-state index is 12.2. The van der Waals surface area contributed by atoms with Gasteiger partial charge in [0.15, 0.2) is 0 Å². The Bertz CT molecular complexity index is 3270. The van der Waals surface area contributed by atoms with Gasteiger partial charge in [-0.25, -0.2) is 4.98 Å². The number of hydrogen-bond acceptors (Lipinski definition) is 3. The number of aryl methyl sites for hydroxylation is 1. The molecule has 0 bridgehead atoms. The second-order valence-electron chi connectivity index (χ2n) is 19.5. The van der Waals surface area contributed by atoms with Crippen LogP contribution in [0.1, 0.15) is 86.7 Å². The molecule has 66 heavy (non-hydrogen) atoms. The molecule has 1 fully saturated rings. The molecule has 0 spiro atoms. The molecule has 4 nitrogen and oxygen atoms in total. The van der Waals surface area contributed by atoms with Crippen LogP contribution in [0.5, 0.6) is 5.75 Å². The van der Waals surface area contributed by atoms with E-state index in [4.69, 9.17) is 14.1 Å². The molecule has 0 radical (unpaired) electrons. The van der Waals surface area contributed by atoms with Crippen molar-refractivity contribution in [3.05, 3.63) is 204 Å². The maximum Gasteiger partial charge on any atom is 0.148 e. The van der Waals surface area contributed by atoms with Crippen LogP contribution >= 0.6 is 0 Å². The van der Waals surface area contributed by atoms with Gasteiger partial charge in [0.2, 0.25) is 0 Å². The standard InChI is InChI=1S/C61H56N3O.Pt/c1-41-23-25-42(26-24-41)44-31-36-62-54(40-44)46-37-45(38-49(39-46)59(2,3)4)51-19-14-22-55-56(51)63-58(53-21-13-20-52(57(53)65)43-15-9-7-10-16-43)64(55)50-29-27-48(28-30-50)61(6)34-32-60(5,33-35-61)47-17-11-8-12-18-47;/h7-31,36,38-40,65H,32-35H2,1-6H3;/q-1;/i1D3;. The minimum Gasteiger partial charge on any atom is -0.507 e. The number of phenolic OH excluding ortho intramolecular Hbond substituents is 1. The summed E-state index contributed by atoms with van der Waals surface area (Å²) in [6.45, 7) is 9.31. The second kappa shape index (κ2) is 17.8. The fourth-order valence-electron chi connectivity index (χ4n) is 9.82. The summed E-state index contributed by atoms with van der Waals surface area (Å²) < 4.78 is 25.7. The largest absolute Gasteiger partial charge is 0.507 e. The number of pyridine rings is 1. The first-order valence-electron chi connectivity index (χ1n) is 24.3. The number of imidazole rings is 1. The van der Waals surface area contributed by atoms with Gasteiger partial charge in [0.25, 0.3) is 0 Å². The van der Waals surface area contributed by atoms with E-state index in [1.54, 1.807) is 18.3 Å². The number of aromatic hydroxyl groups is 1. The predicted octanol–water partition coefficient (Wildman–Crippen LogP) is 15.7. The molecule has 0 saturated heterocycles. The van der Waals surface area contributed by atoms with Crippen molar-refractivity contribution in [2.24, 2.45) is 0 Å². The fraction of sp³-hybridized carbons (Fsp3) is 0.213. The molecule has 10 rings (SSSR count). The molecule has 1 saturated carbocycles. The van der Waals surface area contributed by atoms with Crippen LogP contribution in [0.4, 0.5) is 0 Å². The summed E-state index contributed by atoms with van der Waals surface area (Å²) in [6.07, 6.45) is 6.26. The van der Waals surface area contributed by atoms with Crippen LogP contribution in [0, 0.1) is 12.9 Å². The molecular formula is C61H56N3OPt-. The number of aromatic nitrogens is 3. The van der Waals surface area contributed by atoms with E-state index < -0.39 is 6.85 Å². The summed E-state index contributed by atoms with van der Waals surface area (Å²) in [4.78, 5) is 10.4. The van der Waals surface area contributed by atoms with E-state index in [9.17, 15) is 5.11 Å². The van der Waals surface area contributed by atoms with E-state index in [1.165, 1.54) is 11.1 Å². The van der Waals surface area contributed by atoms with E-state index in [1.807, 2.05) is 72.8 Å². The third kappa shape index (κ3) is 8.49. The van der Waals surface area contributed by atoms with Gasteiger partial charge < -0.3 is 5.11 Å². The van der Waals surface area contributed by atoms with E-state index in [2.05, 4.69) is 130 Å². The van der Waals surface area contributed by atoms with Crippen LogP contribution in [0.25, 0.3) is 72.7 Å². The Hall–Kier alpha value is -6.35. The zero-order valence-corrected chi connectivity index (χ0v) is 40.4. The van der Waals surface area contributed by atoms with Crippen LogP contribution < -0.4 is 0 Å². The Balaban J connectivity index is 0.00000593. The molecule has 1 aliphatic carbocycles. The Kier molecular flexibility index (Phi) is 11.1. The SMILES string of the molecule is [2H]C([2H])([2H])c1ccc(-c2ccnc(-c3[c-]c(-c4cccc5c4nc(-c4cccc(-c6ccccc6)c4O)n5-c4ccc(C5(C)CCC(C)(c6ccccc6)CC5)cc4)cc(C(C)(C)C)c3)c2)cc1.[Pt]. The first-order valence-corrected chi connectivity index (χ1v) is 22.8. The van der Waals surface area contributed by atoms with Gasteiger partial charge in [-0.15, -0.1) is 29.3 Å². The Morgan fingerprint density at radius 2 is 1.21 bits per heavy atom. The van der Waals surface area contributed by atoms with Crippen LogP contribution in [-0.2, 0) is 37.3 Å². The zero-order valence-electron chi connectivity index (χ0n) is 41.2. The van der Waals surface area contributed by atoms with Crippen molar-refractivity contribution in [1.29, 1.82) is 0 Å². The minimum atomic E-state index is -2.17. The van der Waals surface area contributed by atoms with Gasteiger partial charge in [0.05, 0.1) is 16.6 Å². The number of nitrogens with zero attached hydrogens (tertiary/aromatic N) is 3. The first kappa shape index (κ1) is 41.1. The molecule has 2 aromatic heterocycles. The number of para-hydroxylation sites is 2. The van der Waals surface area contributed by atoms with Crippen LogP contribution in [0.2, 0.25) is 0 Å². The van der Waals surface area contributed by atoms with Gasteiger partial charge in [-0.1, -0.05) is 179 Å². The molecular weight excluding hydrogens is 986 g/mol. The smallest absolute Gasteiger partial charge is 0.148 e. The normalized spacial score (nSPS) is 18.2. The minimum absolute atomic E-state index is 0. The van der Waals surface area contributed by atoms with Gasteiger partial charge in [-0.05, 0) is 107 Å². The molecule has 0 aliphatic heterocycles. The van der Waals surface area contributed by atoms with E-state index in [0.29, 0.717) is 17.0 Å². The monoisotopic (exact) mass is 1040 g/mol. The summed E-state index contributed by atoms with van der Waals surface area (Å²) in [5.41, 5.74) is 14.4. The van der Waals surface area contributed by atoms with E-state index in [0.717, 1.165) is 92.6 Å². The van der Waals surface area contributed by atoms with Gasteiger partial charge in [0, 0.05) is 48.3 Å². The number of benzene rings is 7. The Morgan fingerprint density at radius 1 is 0.606 bits per heavy atom. The summed E-state index contributed by atoms with van der Waals surface area (Å²) in [7, 11) is 0. The third-order valence-electron chi connectivity index (χ3n) is 14.1. The van der Waals surface area contributed by atoms with Crippen molar-refractivity contribution in [2.75, 3.05) is 0 Å². The average molecular weight is 1050 g/mol. The molecule has 7 aromatic carbocycles. The molecule has 0 unspecified atom stereocenters. The van der Waals surface area contributed by atoms with Gasteiger partial charge in [-0.3, -0.25) is 9.55 Å². The summed E-state index contributed by atoms with van der Waals surface area (Å²) in [6, 6.07) is 61.4. The third-order valence-corrected chi connectivity index (χ3v) is 14.1. The van der Waals surface area contributed by atoms with Crippen molar-refractivity contribution < 1.29 is 30.3 Å². The number of rotatable bonds is 8.